The van der Waals surface area contributed by atoms with Crippen LogP contribution in [0.2, 0.25) is 0 Å². The number of amides is 4. The second-order valence-corrected chi connectivity index (χ2v) is 10.8. The largest absolute Gasteiger partial charge is 0.467 e. The number of esters is 1. The normalized spacial score (nSPS) is 12.3. The predicted molar refractivity (Wildman–Crippen MR) is 156 cm³/mol. The molecule has 14 nitrogen and oxygen atoms in total. The van der Waals surface area contributed by atoms with E-state index in [1.165, 1.54) is 26.7 Å². The zero-order chi connectivity index (χ0) is 31.8. The van der Waals surface area contributed by atoms with E-state index in [1.807, 2.05) is 18.2 Å². The number of benzene rings is 1. The molecule has 4 amide bonds. The number of H-pyrrole nitrogens is 1. The van der Waals surface area contributed by atoms with Crippen LogP contribution >= 0.6 is 0 Å². The molecule has 236 valence electrons. The van der Waals surface area contributed by atoms with Crippen molar-refractivity contribution in [1.29, 1.82) is 0 Å². The van der Waals surface area contributed by atoms with Crippen LogP contribution in [0.25, 0.3) is 0 Å². The molecule has 0 saturated carbocycles. The number of ether oxygens (including phenoxy) is 3. The lowest BCUT2D eigenvalue weighted by Crippen LogP contribution is -2.54. The molecule has 43 heavy (non-hydrogen) atoms. The van der Waals surface area contributed by atoms with E-state index in [4.69, 9.17) is 14.2 Å². The summed E-state index contributed by atoms with van der Waals surface area (Å²) in [6.07, 6.45) is 2.97. The minimum Gasteiger partial charge on any atom is -0.467 e. The Morgan fingerprint density at radius 3 is 2.37 bits per heavy atom. The van der Waals surface area contributed by atoms with Gasteiger partial charge >= 0.3 is 18.2 Å². The van der Waals surface area contributed by atoms with Crippen molar-refractivity contribution < 1.29 is 38.2 Å². The number of rotatable bonds is 15. The van der Waals surface area contributed by atoms with Gasteiger partial charge in [-0.25, -0.2) is 19.4 Å². The number of hydrogen-bond acceptors (Lipinski definition) is 9. The van der Waals surface area contributed by atoms with Gasteiger partial charge in [0.2, 0.25) is 11.8 Å². The zero-order valence-corrected chi connectivity index (χ0v) is 25.3. The van der Waals surface area contributed by atoms with Crippen LogP contribution in [-0.4, -0.2) is 89.8 Å². The standard InChI is InChI=1S/C29H42N6O8/c1-29(2,3)43-27(39)31-14-10-9-13-22(26(38)41-5)34-25(37)23(15-21-16-30-19-32-21)33-24(36)17-35(4)28(40)42-18-20-11-7-6-8-12-20/h6-8,11-12,16,19,22-23H,9-10,13-15,17-18H2,1-5H3,(H,30,32)(H,31,39)(H,33,36)(H,34,37)/t22-,23-/m0/s1. The number of hydrogen-bond donors (Lipinski definition) is 4. The third-order valence-corrected chi connectivity index (χ3v) is 5.92. The van der Waals surface area contributed by atoms with Crippen LogP contribution in [0, 0.1) is 0 Å². The number of alkyl carbamates (subject to hydrolysis) is 1. The number of nitrogens with zero attached hydrogens (tertiary/aromatic N) is 2. The lowest BCUT2D eigenvalue weighted by molar-refractivity contribution is -0.145. The Bertz CT molecular complexity index is 1180. The summed E-state index contributed by atoms with van der Waals surface area (Å²) in [6.45, 7) is 5.28. The van der Waals surface area contributed by atoms with Crippen LogP contribution in [0.1, 0.15) is 51.3 Å². The summed E-state index contributed by atoms with van der Waals surface area (Å²) in [5.41, 5.74) is 0.747. The molecule has 0 aliphatic carbocycles. The van der Waals surface area contributed by atoms with Crippen molar-refractivity contribution in [1.82, 2.24) is 30.8 Å². The summed E-state index contributed by atoms with van der Waals surface area (Å²) in [4.78, 5) is 70.6. The van der Waals surface area contributed by atoms with Gasteiger partial charge < -0.3 is 40.0 Å². The third kappa shape index (κ3) is 13.7. The molecule has 0 radical (unpaired) electrons. The summed E-state index contributed by atoms with van der Waals surface area (Å²) in [7, 11) is 2.62. The van der Waals surface area contributed by atoms with Gasteiger partial charge in [0.25, 0.3) is 0 Å². The minimum absolute atomic E-state index is 0.0441. The van der Waals surface area contributed by atoms with Crippen LogP contribution in [0.3, 0.4) is 0 Å². The van der Waals surface area contributed by atoms with E-state index in [0.29, 0.717) is 25.1 Å². The average Bonchev–Trinajstić information content (AvgIpc) is 3.47. The van der Waals surface area contributed by atoms with Gasteiger partial charge in [-0.15, -0.1) is 0 Å². The smallest absolute Gasteiger partial charge is 0.410 e. The molecule has 2 atom stereocenters. The monoisotopic (exact) mass is 602 g/mol. The summed E-state index contributed by atoms with van der Waals surface area (Å²) in [5, 5.41) is 7.92. The Morgan fingerprint density at radius 2 is 1.74 bits per heavy atom. The third-order valence-electron chi connectivity index (χ3n) is 5.92. The number of likely N-dealkylation sites (N-methyl/N-ethyl adjacent to an activating group) is 1. The highest BCUT2D eigenvalue weighted by Gasteiger charge is 2.28. The van der Waals surface area contributed by atoms with Crippen LogP contribution < -0.4 is 16.0 Å². The Kier molecular flexibility index (Phi) is 14.0. The van der Waals surface area contributed by atoms with Crippen molar-refractivity contribution >= 4 is 30.0 Å². The van der Waals surface area contributed by atoms with Crippen LogP contribution in [0.5, 0.6) is 0 Å². The summed E-state index contributed by atoms with van der Waals surface area (Å²) in [5.74, 6) is -1.89. The maximum Gasteiger partial charge on any atom is 0.410 e. The van der Waals surface area contributed by atoms with Gasteiger partial charge in [-0.1, -0.05) is 30.3 Å². The molecule has 1 aromatic heterocycles. The van der Waals surface area contributed by atoms with E-state index < -0.39 is 47.7 Å². The van der Waals surface area contributed by atoms with E-state index in [9.17, 15) is 24.0 Å². The number of imidazole rings is 1. The molecular weight excluding hydrogens is 560 g/mol. The van der Waals surface area contributed by atoms with Crippen molar-refractivity contribution in [2.24, 2.45) is 0 Å². The highest BCUT2D eigenvalue weighted by molar-refractivity contribution is 5.92. The first-order chi connectivity index (χ1) is 20.4. The molecule has 2 rings (SSSR count). The van der Waals surface area contributed by atoms with E-state index in [0.717, 1.165) is 10.5 Å². The molecule has 1 aromatic carbocycles. The van der Waals surface area contributed by atoms with Gasteiger partial charge in [0.05, 0.1) is 13.4 Å². The van der Waals surface area contributed by atoms with Crippen LogP contribution in [-0.2, 0) is 41.6 Å². The Balaban J connectivity index is 1.94. The fourth-order valence-corrected chi connectivity index (χ4v) is 3.82. The van der Waals surface area contributed by atoms with E-state index in [-0.39, 0.29) is 26.0 Å². The number of nitrogens with one attached hydrogen (secondary N) is 4. The molecule has 4 N–H and O–H groups in total. The van der Waals surface area contributed by atoms with Crippen molar-refractivity contribution in [2.75, 3.05) is 27.2 Å². The Morgan fingerprint density at radius 1 is 1.02 bits per heavy atom. The van der Waals surface area contributed by atoms with Crippen molar-refractivity contribution in [3.05, 3.63) is 54.1 Å². The van der Waals surface area contributed by atoms with Crippen LogP contribution in [0.4, 0.5) is 9.59 Å². The van der Waals surface area contributed by atoms with Crippen molar-refractivity contribution in [3.63, 3.8) is 0 Å². The quantitative estimate of drug-likeness (QED) is 0.135. The Labute approximate surface area is 251 Å². The highest BCUT2D eigenvalue weighted by Crippen LogP contribution is 2.08. The molecule has 14 heteroatoms. The molecule has 0 aliphatic heterocycles. The molecule has 2 aromatic rings. The van der Waals surface area contributed by atoms with Gasteiger partial charge in [-0.05, 0) is 45.6 Å². The second kappa shape index (κ2) is 17.4. The maximum atomic E-state index is 13.3. The molecule has 0 saturated heterocycles. The fourth-order valence-electron chi connectivity index (χ4n) is 3.82. The van der Waals surface area contributed by atoms with Gasteiger partial charge in [0.1, 0.15) is 30.8 Å². The van der Waals surface area contributed by atoms with Gasteiger partial charge in [-0.3, -0.25) is 9.59 Å². The topological polar surface area (TPSA) is 181 Å². The molecule has 1 heterocycles. The maximum absolute atomic E-state index is 13.3. The average molecular weight is 603 g/mol. The first-order valence-corrected chi connectivity index (χ1v) is 13.9. The van der Waals surface area contributed by atoms with E-state index in [2.05, 4.69) is 25.9 Å². The summed E-state index contributed by atoms with van der Waals surface area (Å²) in [6, 6.07) is 7.01. The number of methoxy groups -OCH3 is 1. The lowest BCUT2D eigenvalue weighted by Gasteiger charge is -2.23. The minimum atomic E-state index is -1.09. The SMILES string of the molecule is COC(=O)[C@H](CCCCNC(=O)OC(C)(C)C)NC(=O)[C@H](Cc1cnc[nH]1)NC(=O)CN(C)C(=O)OCc1ccccc1. The summed E-state index contributed by atoms with van der Waals surface area (Å²) >= 11 is 0. The highest BCUT2D eigenvalue weighted by atomic mass is 16.6. The van der Waals surface area contributed by atoms with Gasteiger partial charge in [-0.2, -0.15) is 0 Å². The second-order valence-electron chi connectivity index (χ2n) is 10.8. The fraction of sp³-hybridized carbons (Fsp3) is 0.517. The predicted octanol–water partition coefficient (Wildman–Crippen LogP) is 2.06. The zero-order valence-electron chi connectivity index (χ0n) is 25.3. The molecule has 0 unspecified atom stereocenters. The first-order valence-electron chi connectivity index (χ1n) is 13.9. The molecule has 0 fully saturated rings. The number of aromatic nitrogens is 2. The number of unbranched alkanes of at least 4 members (excludes halogenated alkanes) is 1. The van der Waals surface area contributed by atoms with Crippen molar-refractivity contribution in [2.45, 2.75) is 70.7 Å². The van der Waals surface area contributed by atoms with Gasteiger partial charge in [0.15, 0.2) is 0 Å². The Hall–Kier alpha value is -4.62. The number of carbonyl (C=O) groups is 5. The van der Waals surface area contributed by atoms with E-state index in [1.54, 1.807) is 32.9 Å². The lowest BCUT2D eigenvalue weighted by atomic mass is 10.1. The molecular formula is C29H42N6O8. The van der Waals surface area contributed by atoms with E-state index >= 15 is 0 Å². The number of carbonyl (C=O) groups excluding carboxylic acids is 5. The first kappa shape index (κ1) is 34.6. The summed E-state index contributed by atoms with van der Waals surface area (Å²) < 4.78 is 15.3. The number of aromatic amines is 1. The molecule has 0 spiro atoms. The molecule has 0 aliphatic rings. The van der Waals surface area contributed by atoms with Crippen LogP contribution in [0.15, 0.2) is 42.9 Å². The molecule has 0 bridgehead atoms. The van der Waals surface area contributed by atoms with Gasteiger partial charge in [0, 0.05) is 31.9 Å². The van der Waals surface area contributed by atoms with Crippen molar-refractivity contribution in [3.8, 4) is 0 Å².